The average Bonchev–Trinajstić information content (AvgIpc) is 3.46. The van der Waals surface area contributed by atoms with Crippen molar-refractivity contribution in [3.05, 3.63) is 48.7 Å². The Hall–Kier alpha value is -2.58. The lowest BCUT2D eigenvalue weighted by Crippen LogP contribution is -2.42. The van der Waals surface area contributed by atoms with E-state index in [1.807, 2.05) is 4.57 Å². The van der Waals surface area contributed by atoms with E-state index in [1.54, 1.807) is 12.5 Å². The molecule has 0 unspecified atom stereocenters. The van der Waals surface area contributed by atoms with Gasteiger partial charge in [0.1, 0.15) is 11.4 Å². The molecule has 0 bridgehead atoms. The van der Waals surface area contributed by atoms with Gasteiger partial charge >= 0.3 is 0 Å². The summed E-state index contributed by atoms with van der Waals surface area (Å²) in [5.74, 6) is 0.397. The summed E-state index contributed by atoms with van der Waals surface area (Å²) in [6.07, 6.45) is 11.2. The first-order valence-corrected chi connectivity index (χ1v) is 16.1. The molecule has 3 aromatic rings. The number of amides is 1. The Morgan fingerprint density at radius 3 is 2.61 bits per heavy atom. The highest BCUT2D eigenvalue weighted by Crippen LogP contribution is 2.37. The van der Waals surface area contributed by atoms with Gasteiger partial charge in [-0.15, -0.1) is 0 Å². The van der Waals surface area contributed by atoms with Crippen LogP contribution in [0.1, 0.15) is 76.3 Å². The summed E-state index contributed by atoms with van der Waals surface area (Å²) in [6.45, 7) is 15.6. The molecule has 1 aromatic carbocycles. The Bertz CT molecular complexity index is 1130. The Morgan fingerprint density at radius 2 is 1.94 bits per heavy atom. The van der Waals surface area contributed by atoms with Crippen molar-refractivity contribution in [3.63, 3.8) is 0 Å². The average molecular weight is 513 g/mol. The predicted octanol–water partition coefficient (Wildman–Crippen LogP) is 6.55. The smallest absolute Gasteiger partial charge is 0.268 e. The molecule has 0 spiro atoms. The monoisotopic (exact) mass is 512 g/mol. The van der Waals surface area contributed by atoms with Crippen LogP contribution in [-0.4, -0.2) is 41.6 Å². The van der Waals surface area contributed by atoms with Crippen LogP contribution in [0.3, 0.4) is 0 Å². The van der Waals surface area contributed by atoms with Crippen LogP contribution >= 0.6 is 0 Å². The summed E-state index contributed by atoms with van der Waals surface area (Å²) in [5, 5.41) is 1.31. The molecule has 0 aliphatic heterocycles. The summed E-state index contributed by atoms with van der Waals surface area (Å²) < 4.78 is 16.8. The van der Waals surface area contributed by atoms with E-state index < -0.39 is 14.2 Å². The largest absolute Gasteiger partial charge is 0.494 e. The second kappa shape index (κ2) is 12.1. The molecule has 7 nitrogen and oxygen atoms in total. The fourth-order valence-corrected chi connectivity index (χ4v) is 5.00. The molecule has 36 heavy (non-hydrogen) atoms. The lowest BCUT2D eigenvalue weighted by Gasteiger charge is -2.37. The number of imidazole rings is 1. The zero-order valence-corrected chi connectivity index (χ0v) is 23.9. The lowest BCUT2D eigenvalue weighted by molar-refractivity contribution is 0.0995. The summed E-state index contributed by atoms with van der Waals surface area (Å²) >= 11 is 0. The van der Waals surface area contributed by atoms with E-state index in [1.165, 1.54) is 24.6 Å². The number of aromatic nitrogens is 3. The Labute approximate surface area is 217 Å². The second-order valence-corrected chi connectivity index (χ2v) is 16.0. The molecule has 2 heterocycles. The van der Waals surface area contributed by atoms with Gasteiger partial charge in [0.2, 0.25) is 0 Å². The van der Waals surface area contributed by atoms with Gasteiger partial charge in [0, 0.05) is 25.0 Å². The van der Waals surface area contributed by atoms with E-state index in [0.717, 1.165) is 37.3 Å². The van der Waals surface area contributed by atoms with E-state index >= 15 is 0 Å². The molecule has 2 aromatic heterocycles. The number of rotatable bonds is 14. The minimum Gasteiger partial charge on any atom is -0.494 e. The van der Waals surface area contributed by atoms with E-state index in [9.17, 15) is 4.79 Å². The number of carbonyl (C=O) groups excluding carboxylic acids is 1. The lowest BCUT2D eigenvalue weighted by atomic mass is 10.2. The number of fused-ring (bicyclic) bond motifs is 1. The van der Waals surface area contributed by atoms with Crippen LogP contribution in [0.15, 0.2) is 43.0 Å². The third-order valence-electron chi connectivity index (χ3n) is 7.43. The Balaban J connectivity index is 1.73. The molecule has 2 N–H and O–H groups in total. The predicted molar refractivity (Wildman–Crippen MR) is 149 cm³/mol. The highest BCUT2D eigenvalue weighted by atomic mass is 28.4. The zero-order chi connectivity index (χ0) is 26.3. The molecule has 0 saturated carbocycles. The van der Waals surface area contributed by atoms with Gasteiger partial charge in [-0.05, 0) is 54.6 Å². The van der Waals surface area contributed by atoms with Crippen molar-refractivity contribution in [1.29, 1.82) is 0 Å². The maximum atomic E-state index is 11.6. The van der Waals surface area contributed by atoms with E-state index in [-0.39, 0.29) is 16.8 Å². The fourth-order valence-electron chi connectivity index (χ4n) is 3.96. The number of hydrogen-bond acceptors (Lipinski definition) is 4. The standard InChI is InChI=1S/C28H44N4O3Si/c1-7-8-9-10-17-34-24-12-11-22-13-15-31(26(22)18-24)16-14-23(20-35-36(5,6)28(2,3)4)32-19-25(27(29)33)30-21-32/h11-13,15,18-19,21,23H,7-10,14,16-17,20H2,1-6H3,(H2,29,33)/t23-/m1/s1. The van der Waals surface area contributed by atoms with E-state index in [0.29, 0.717) is 6.61 Å². The summed E-state index contributed by atoms with van der Waals surface area (Å²) in [4.78, 5) is 15.8. The van der Waals surface area contributed by atoms with E-state index in [2.05, 4.69) is 80.8 Å². The third kappa shape index (κ3) is 7.23. The fraction of sp³-hybridized carbons (Fsp3) is 0.571. The topological polar surface area (TPSA) is 84.3 Å². The number of ether oxygens (including phenoxy) is 1. The molecule has 198 valence electrons. The van der Waals surface area contributed by atoms with Crippen molar-refractivity contribution in [2.75, 3.05) is 13.2 Å². The highest BCUT2D eigenvalue weighted by molar-refractivity contribution is 6.74. The molecule has 0 saturated heterocycles. The molecule has 0 aliphatic rings. The number of nitrogens with two attached hydrogens (primary N) is 1. The molecule has 1 atom stereocenters. The Morgan fingerprint density at radius 1 is 1.17 bits per heavy atom. The molecule has 0 aliphatic carbocycles. The number of unbranched alkanes of at least 4 members (excludes halogenated alkanes) is 3. The normalized spacial score (nSPS) is 13.3. The number of aryl methyl sites for hydroxylation is 1. The van der Waals surface area contributed by atoms with Crippen molar-refractivity contribution >= 4 is 25.1 Å². The van der Waals surface area contributed by atoms with Crippen molar-refractivity contribution in [1.82, 2.24) is 14.1 Å². The van der Waals surface area contributed by atoms with Crippen molar-refractivity contribution in [2.45, 2.75) is 90.5 Å². The number of carbonyl (C=O) groups is 1. The van der Waals surface area contributed by atoms with Crippen molar-refractivity contribution < 1.29 is 14.0 Å². The SMILES string of the molecule is CCCCCCOc1ccc2ccn(CC[C@H](CO[Si](C)(C)C(C)(C)C)n3cnc(C(N)=O)c3)c2c1. The van der Waals surface area contributed by atoms with Gasteiger partial charge in [0.15, 0.2) is 8.32 Å². The van der Waals surface area contributed by atoms with Crippen LogP contribution in [-0.2, 0) is 11.0 Å². The Kier molecular flexibility index (Phi) is 9.41. The first-order chi connectivity index (χ1) is 17.0. The molecule has 3 rings (SSSR count). The first-order valence-electron chi connectivity index (χ1n) is 13.2. The van der Waals surface area contributed by atoms with Crippen LogP contribution < -0.4 is 10.5 Å². The van der Waals surface area contributed by atoms with Gasteiger partial charge in [-0.3, -0.25) is 4.79 Å². The van der Waals surface area contributed by atoms with Gasteiger partial charge in [0.05, 0.1) is 31.1 Å². The van der Waals surface area contributed by atoms with Gasteiger partial charge in [-0.25, -0.2) is 4.98 Å². The van der Waals surface area contributed by atoms with Crippen LogP contribution in [0.25, 0.3) is 10.9 Å². The molecule has 1 amide bonds. The summed E-state index contributed by atoms with van der Waals surface area (Å²) in [6, 6.07) is 8.50. The number of primary amides is 1. The summed E-state index contributed by atoms with van der Waals surface area (Å²) in [5.41, 5.74) is 6.90. The minimum atomic E-state index is -1.93. The highest BCUT2D eigenvalue weighted by Gasteiger charge is 2.37. The maximum absolute atomic E-state index is 11.6. The molecule has 0 radical (unpaired) electrons. The molecular formula is C28H44N4O3Si. The molecular weight excluding hydrogens is 468 g/mol. The zero-order valence-electron chi connectivity index (χ0n) is 22.9. The van der Waals surface area contributed by atoms with Crippen LogP contribution in [0.2, 0.25) is 18.1 Å². The quantitative estimate of drug-likeness (QED) is 0.196. The minimum absolute atomic E-state index is 0.0372. The van der Waals surface area contributed by atoms with Crippen LogP contribution in [0.4, 0.5) is 0 Å². The van der Waals surface area contributed by atoms with Gasteiger partial charge in [-0.2, -0.15) is 0 Å². The summed E-state index contributed by atoms with van der Waals surface area (Å²) in [7, 11) is -1.93. The number of nitrogens with zero attached hydrogens (tertiary/aromatic N) is 3. The maximum Gasteiger partial charge on any atom is 0.268 e. The van der Waals surface area contributed by atoms with Crippen molar-refractivity contribution in [3.8, 4) is 5.75 Å². The number of hydrogen-bond donors (Lipinski definition) is 1. The molecule has 8 heteroatoms. The van der Waals surface area contributed by atoms with E-state index in [4.69, 9.17) is 14.9 Å². The third-order valence-corrected chi connectivity index (χ3v) is 11.9. The van der Waals surface area contributed by atoms with Crippen molar-refractivity contribution in [2.24, 2.45) is 5.73 Å². The molecule has 0 fully saturated rings. The van der Waals surface area contributed by atoms with Gasteiger partial charge in [-0.1, -0.05) is 47.0 Å². The van der Waals surface area contributed by atoms with Gasteiger partial charge < -0.3 is 24.0 Å². The van der Waals surface area contributed by atoms with Crippen LogP contribution in [0.5, 0.6) is 5.75 Å². The second-order valence-electron chi connectivity index (χ2n) is 11.2. The van der Waals surface area contributed by atoms with Gasteiger partial charge in [0.25, 0.3) is 5.91 Å². The van der Waals surface area contributed by atoms with Crippen LogP contribution in [0, 0.1) is 0 Å². The first kappa shape index (κ1) is 28.0. The number of benzene rings is 1.